The van der Waals surface area contributed by atoms with E-state index < -0.39 is 11.9 Å². The van der Waals surface area contributed by atoms with Gasteiger partial charge in [-0.15, -0.1) is 35.3 Å². The van der Waals surface area contributed by atoms with Gasteiger partial charge >= 0.3 is 6.18 Å². The lowest BCUT2D eigenvalue weighted by molar-refractivity contribution is -0.140. The number of alkyl halides is 3. The van der Waals surface area contributed by atoms with Crippen LogP contribution in [0.2, 0.25) is 0 Å². The Labute approximate surface area is 180 Å². The van der Waals surface area contributed by atoms with Gasteiger partial charge in [0, 0.05) is 38.0 Å². The number of thiazole rings is 1. The van der Waals surface area contributed by atoms with Gasteiger partial charge in [0.1, 0.15) is 0 Å². The first-order chi connectivity index (χ1) is 12.3. The average Bonchev–Trinajstić information content (AvgIpc) is 3.07. The van der Waals surface area contributed by atoms with Crippen LogP contribution in [-0.2, 0) is 12.6 Å². The number of likely N-dealkylation sites (tertiary alicyclic amines) is 1. The van der Waals surface area contributed by atoms with E-state index in [-0.39, 0.29) is 24.0 Å². The van der Waals surface area contributed by atoms with E-state index in [4.69, 9.17) is 0 Å². The third-order valence-electron chi connectivity index (χ3n) is 4.70. The molecule has 1 fully saturated rings. The second kappa shape index (κ2) is 11.4. The maximum absolute atomic E-state index is 12.6. The summed E-state index contributed by atoms with van der Waals surface area (Å²) in [6.07, 6.45) is -1.46. The fraction of sp³-hybridized carbons (Fsp3) is 0.765. The first-order valence-electron chi connectivity index (χ1n) is 8.99. The van der Waals surface area contributed by atoms with Crippen molar-refractivity contribution in [1.82, 2.24) is 20.5 Å². The SMILES string of the molecule is CN=C(NCCc1nc(C(F)(F)F)cs1)NCC(C)N1CCC(C)CC1.I. The number of aromatic nitrogens is 1. The van der Waals surface area contributed by atoms with Crippen LogP contribution in [-0.4, -0.2) is 55.1 Å². The molecule has 1 aromatic rings. The van der Waals surface area contributed by atoms with Crippen LogP contribution in [0.25, 0.3) is 0 Å². The second-order valence-electron chi connectivity index (χ2n) is 6.82. The summed E-state index contributed by atoms with van der Waals surface area (Å²) in [7, 11) is 1.69. The Morgan fingerprint density at radius 2 is 2.04 bits per heavy atom. The highest BCUT2D eigenvalue weighted by molar-refractivity contribution is 14.0. The van der Waals surface area contributed by atoms with E-state index in [0.717, 1.165) is 42.3 Å². The number of nitrogens with one attached hydrogen (secondary N) is 2. The van der Waals surface area contributed by atoms with Crippen LogP contribution in [0.5, 0.6) is 0 Å². The minimum absolute atomic E-state index is 0. The Hall–Kier alpha value is -0.620. The van der Waals surface area contributed by atoms with Gasteiger partial charge in [0.25, 0.3) is 0 Å². The molecule has 1 aliphatic rings. The Balaban J connectivity index is 0.00000364. The van der Waals surface area contributed by atoms with Crippen molar-refractivity contribution in [2.45, 2.75) is 45.3 Å². The minimum atomic E-state index is -4.37. The fourth-order valence-electron chi connectivity index (χ4n) is 2.91. The number of rotatable bonds is 6. The zero-order valence-corrected chi connectivity index (χ0v) is 19.1. The number of nitrogens with zero attached hydrogens (tertiary/aromatic N) is 3. The molecule has 156 valence electrons. The zero-order chi connectivity index (χ0) is 19.2. The molecular formula is C17H29F3IN5S. The van der Waals surface area contributed by atoms with Crippen molar-refractivity contribution in [1.29, 1.82) is 0 Å². The summed E-state index contributed by atoms with van der Waals surface area (Å²) in [5, 5.41) is 7.96. The molecule has 0 aliphatic carbocycles. The van der Waals surface area contributed by atoms with E-state index in [0.29, 0.717) is 30.0 Å². The lowest BCUT2D eigenvalue weighted by atomic mass is 9.98. The van der Waals surface area contributed by atoms with Gasteiger partial charge in [0.05, 0.1) is 5.01 Å². The number of piperidine rings is 1. The van der Waals surface area contributed by atoms with Crippen molar-refractivity contribution in [3.63, 3.8) is 0 Å². The van der Waals surface area contributed by atoms with Gasteiger partial charge in [-0.05, 0) is 38.8 Å². The normalized spacial score (nSPS) is 18.1. The number of hydrogen-bond acceptors (Lipinski definition) is 4. The zero-order valence-electron chi connectivity index (χ0n) is 16.0. The molecule has 27 heavy (non-hydrogen) atoms. The predicted molar refractivity (Wildman–Crippen MR) is 115 cm³/mol. The van der Waals surface area contributed by atoms with Crippen molar-refractivity contribution in [2.75, 3.05) is 33.2 Å². The van der Waals surface area contributed by atoms with Crippen LogP contribution in [0.4, 0.5) is 13.2 Å². The summed E-state index contributed by atoms with van der Waals surface area (Å²) in [6, 6.07) is 0.411. The Morgan fingerprint density at radius 3 is 2.59 bits per heavy atom. The summed E-state index contributed by atoms with van der Waals surface area (Å²) in [4.78, 5) is 10.3. The van der Waals surface area contributed by atoms with Crippen LogP contribution < -0.4 is 10.6 Å². The summed E-state index contributed by atoms with van der Waals surface area (Å²) >= 11 is 1.03. The van der Waals surface area contributed by atoms with Crippen LogP contribution in [0.15, 0.2) is 10.4 Å². The lowest BCUT2D eigenvalue weighted by Gasteiger charge is -2.35. The molecule has 10 heteroatoms. The highest BCUT2D eigenvalue weighted by Gasteiger charge is 2.33. The molecule has 0 bridgehead atoms. The molecule has 2 rings (SSSR count). The van der Waals surface area contributed by atoms with Crippen molar-refractivity contribution in [2.24, 2.45) is 10.9 Å². The Bertz CT molecular complexity index is 585. The third-order valence-corrected chi connectivity index (χ3v) is 5.61. The lowest BCUT2D eigenvalue weighted by Crippen LogP contribution is -2.48. The molecular weight excluding hydrogens is 490 g/mol. The topological polar surface area (TPSA) is 52.6 Å². The fourth-order valence-corrected chi connectivity index (χ4v) is 3.71. The van der Waals surface area contributed by atoms with Crippen molar-refractivity contribution in [3.05, 3.63) is 16.1 Å². The van der Waals surface area contributed by atoms with Gasteiger partial charge < -0.3 is 10.6 Å². The van der Waals surface area contributed by atoms with Gasteiger partial charge in [-0.25, -0.2) is 4.98 Å². The number of halogens is 4. The highest BCUT2D eigenvalue weighted by Crippen LogP contribution is 2.30. The molecule has 2 heterocycles. The maximum Gasteiger partial charge on any atom is 0.434 e. The van der Waals surface area contributed by atoms with E-state index in [1.807, 2.05) is 0 Å². The minimum Gasteiger partial charge on any atom is -0.356 e. The van der Waals surface area contributed by atoms with Gasteiger partial charge in [0.2, 0.25) is 0 Å². The molecule has 0 amide bonds. The first-order valence-corrected chi connectivity index (χ1v) is 9.87. The van der Waals surface area contributed by atoms with Crippen molar-refractivity contribution >= 4 is 41.3 Å². The summed E-state index contributed by atoms with van der Waals surface area (Å²) < 4.78 is 37.7. The van der Waals surface area contributed by atoms with Crippen LogP contribution >= 0.6 is 35.3 Å². The monoisotopic (exact) mass is 519 g/mol. The van der Waals surface area contributed by atoms with E-state index >= 15 is 0 Å². The molecule has 1 unspecified atom stereocenters. The quantitative estimate of drug-likeness (QED) is 0.343. The van der Waals surface area contributed by atoms with Crippen LogP contribution in [0, 0.1) is 5.92 Å². The number of hydrogen-bond donors (Lipinski definition) is 2. The second-order valence-corrected chi connectivity index (χ2v) is 7.76. The van der Waals surface area contributed by atoms with Crippen LogP contribution in [0.1, 0.15) is 37.4 Å². The highest BCUT2D eigenvalue weighted by atomic mass is 127. The first kappa shape index (κ1) is 24.4. The van der Waals surface area contributed by atoms with E-state index in [2.05, 4.69) is 39.4 Å². The maximum atomic E-state index is 12.6. The van der Waals surface area contributed by atoms with Gasteiger partial charge in [-0.2, -0.15) is 13.2 Å². The molecule has 0 radical (unpaired) electrons. The molecule has 0 spiro atoms. The molecule has 1 aromatic heterocycles. The standard InChI is InChI=1S/C17H28F3N5S.HI/c1-12-5-8-25(9-6-12)13(2)10-23-16(21-3)22-7-4-15-24-14(11-26-15)17(18,19)20;/h11-13H,4-10H2,1-3H3,(H2,21,22,23);1H. The smallest absolute Gasteiger partial charge is 0.356 e. The van der Waals surface area contributed by atoms with Gasteiger partial charge in [-0.3, -0.25) is 9.89 Å². The number of guanidine groups is 1. The molecule has 1 aliphatic heterocycles. The summed E-state index contributed by atoms with van der Waals surface area (Å²) in [5.41, 5.74) is -0.815. The molecule has 5 nitrogen and oxygen atoms in total. The third kappa shape index (κ3) is 8.10. The molecule has 1 saturated heterocycles. The van der Waals surface area contributed by atoms with Crippen molar-refractivity contribution < 1.29 is 13.2 Å². The van der Waals surface area contributed by atoms with E-state index in [1.54, 1.807) is 7.05 Å². The Kier molecular flexibility index (Phi) is 10.3. The summed E-state index contributed by atoms with van der Waals surface area (Å²) in [6.45, 7) is 8.02. The van der Waals surface area contributed by atoms with E-state index in [9.17, 15) is 13.2 Å². The molecule has 1 atom stereocenters. The average molecular weight is 519 g/mol. The number of aliphatic imine (C=N–C) groups is 1. The van der Waals surface area contributed by atoms with Gasteiger partial charge in [-0.1, -0.05) is 6.92 Å². The van der Waals surface area contributed by atoms with Crippen molar-refractivity contribution in [3.8, 4) is 0 Å². The Morgan fingerprint density at radius 1 is 1.37 bits per heavy atom. The molecule has 0 saturated carbocycles. The van der Waals surface area contributed by atoms with E-state index in [1.165, 1.54) is 12.8 Å². The summed E-state index contributed by atoms with van der Waals surface area (Å²) in [5.74, 6) is 1.47. The van der Waals surface area contributed by atoms with Gasteiger partial charge in [0.15, 0.2) is 11.7 Å². The van der Waals surface area contributed by atoms with Crippen LogP contribution in [0.3, 0.4) is 0 Å². The largest absolute Gasteiger partial charge is 0.434 e. The predicted octanol–water partition coefficient (Wildman–Crippen LogP) is 3.61. The molecule has 0 aromatic carbocycles. The molecule has 2 N–H and O–H groups in total.